The molecule has 0 fully saturated rings. The van der Waals surface area contributed by atoms with Crippen molar-refractivity contribution in [3.63, 3.8) is 0 Å². The molecule has 1 heterocycles. The van der Waals surface area contributed by atoms with Crippen LogP contribution < -0.4 is 5.43 Å². The summed E-state index contributed by atoms with van der Waals surface area (Å²) in [7, 11) is 0. The molecular weight excluding hydrogens is 260 g/mol. The van der Waals surface area contributed by atoms with E-state index in [1.807, 2.05) is 16.8 Å². The van der Waals surface area contributed by atoms with Gasteiger partial charge in [-0.2, -0.15) is 16.4 Å². The van der Waals surface area contributed by atoms with E-state index in [9.17, 15) is 4.79 Å². The van der Waals surface area contributed by atoms with Crippen LogP contribution in [0, 0.1) is 5.41 Å². The van der Waals surface area contributed by atoms with Gasteiger partial charge in [-0.05, 0) is 30.2 Å². The summed E-state index contributed by atoms with van der Waals surface area (Å²) in [5.74, 6) is -0.385. The summed E-state index contributed by atoms with van der Waals surface area (Å²) in [6.45, 7) is 9.38. The first-order valence-corrected chi connectivity index (χ1v) is 7.38. The van der Waals surface area contributed by atoms with Crippen LogP contribution in [0.25, 0.3) is 0 Å². The molecular formula is C14H22N2O2S. The van der Waals surface area contributed by atoms with Crippen molar-refractivity contribution < 1.29 is 9.53 Å². The number of hydrogen-bond donors (Lipinski definition) is 1. The fourth-order valence-electron chi connectivity index (χ4n) is 1.39. The second-order valence-electron chi connectivity index (χ2n) is 5.41. The number of nitrogens with zero attached hydrogens (tertiary/aromatic N) is 1. The van der Waals surface area contributed by atoms with E-state index in [0.717, 1.165) is 18.5 Å². The highest BCUT2D eigenvalue weighted by Crippen LogP contribution is 2.17. The minimum absolute atomic E-state index is 0.245. The minimum atomic E-state index is -0.385. The Morgan fingerprint density at radius 3 is 2.74 bits per heavy atom. The number of ether oxygens (including phenoxy) is 1. The molecule has 0 aliphatic rings. The van der Waals surface area contributed by atoms with Crippen LogP contribution in [-0.4, -0.2) is 24.8 Å². The summed E-state index contributed by atoms with van der Waals surface area (Å²) in [5.41, 5.74) is 4.35. The number of thiophene rings is 1. The van der Waals surface area contributed by atoms with Crippen LogP contribution in [0.4, 0.5) is 0 Å². The van der Waals surface area contributed by atoms with Crippen LogP contribution in [0.3, 0.4) is 0 Å². The van der Waals surface area contributed by atoms with Gasteiger partial charge in [0.2, 0.25) is 0 Å². The predicted molar refractivity (Wildman–Crippen MR) is 79.6 cm³/mol. The molecule has 0 aliphatic carbocycles. The zero-order valence-corrected chi connectivity index (χ0v) is 12.8. The third kappa shape index (κ3) is 5.87. The van der Waals surface area contributed by atoms with Crippen LogP contribution in [0.15, 0.2) is 21.9 Å². The van der Waals surface area contributed by atoms with E-state index in [1.54, 1.807) is 6.92 Å². The average molecular weight is 282 g/mol. The monoisotopic (exact) mass is 282 g/mol. The van der Waals surface area contributed by atoms with Gasteiger partial charge < -0.3 is 10.2 Å². The lowest BCUT2D eigenvalue weighted by Crippen LogP contribution is -2.23. The van der Waals surface area contributed by atoms with Crippen molar-refractivity contribution >= 4 is 23.0 Å². The van der Waals surface area contributed by atoms with Crippen LogP contribution in [-0.2, 0) is 9.53 Å². The molecule has 1 N–H and O–H groups in total. The highest BCUT2D eigenvalue weighted by atomic mass is 32.1. The third-order valence-corrected chi connectivity index (χ3v) is 3.12. The number of rotatable bonds is 6. The van der Waals surface area contributed by atoms with Gasteiger partial charge in [-0.25, -0.2) is 4.79 Å². The molecule has 0 spiro atoms. The topological polar surface area (TPSA) is 50.7 Å². The Bertz CT molecular complexity index is 419. The van der Waals surface area contributed by atoms with Crippen LogP contribution in [0.5, 0.6) is 0 Å². The highest BCUT2D eigenvalue weighted by Gasteiger charge is 2.16. The average Bonchev–Trinajstić information content (AvgIpc) is 2.81. The molecule has 1 aromatic rings. The first-order chi connectivity index (χ1) is 8.94. The molecule has 0 saturated heterocycles. The standard InChI is InChI=1S/C14H22N2O2S/c1-5-18-13(17)12(11-6-9-19-10-11)16-15-8-7-14(2,3)4/h6,9-10,15H,5,7-8H2,1-4H3. The maximum atomic E-state index is 11.8. The number of nitrogens with one attached hydrogen (secondary N) is 1. The van der Waals surface area contributed by atoms with E-state index in [2.05, 4.69) is 31.3 Å². The fraction of sp³-hybridized carbons (Fsp3) is 0.571. The Morgan fingerprint density at radius 1 is 1.47 bits per heavy atom. The first-order valence-electron chi connectivity index (χ1n) is 6.44. The van der Waals surface area contributed by atoms with Crippen molar-refractivity contribution in [2.45, 2.75) is 34.1 Å². The van der Waals surface area contributed by atoms with Gasteiger partial charge in [0.1, 0.15) is 0 Å². The van der Waals surface area contributed by atoms with Crippen molar-refractivity contribution in [3.8, 4) is 0 Å². The zero-order chi connectivity index (χ0) is 14.3. The third-order valence-electron chi connectivity index (χ3n) is 2.44. The number of hydrogen-bond acceptors (Lipinski definition) is 5. The molecule has 106 valence electrons. The predicted octanol–water partition coefficient (Wildman–Crippen LogP) is 3.04. The molecule has 1 rings (SSSR count). The van der Waals surface area contributed by atoms with Gasteiger partial charge in [0.05, 0.1) is 6.61 Å². The van der Waals surface area contributed by atoms with E-state index in [4.69, 9.17) is 4.74 Å². The summed E-state index contributed by atoms with van der Waals surface area (Å²) < 4.78 is 5.02. The van der Waals surface area contributed by atoms with Crippen LogP contribution in [0.2, 0.25) is 0 Å². The number of esters is 1. The van der Waals surface area contributed by atoms with Gasteiger partial charge in [-0.15, -0.1) is 0 Å². The molecule has 1 aromatic heterocycles. The Hall–Kier alpha value is -1.36. The van der Waals surface area contributed by atoms with Gasteiger partial charge in [0.25, 0.3) is 0 Å². The van der Waals surface area contributed by atoms with Crippen molar-refractivity contribution in [1.29, 1.82) is 0 Å². The molecule has 4 nitrogen and oxygen atoms in total. The van der Waals surface area contributed by atoms with E-state index in [0.29, 0.717) is 12.3 Å². The second-order valence-corrected chi connectivity index (χ2v) is 6.19. The van der Waals surface area contributed by atoms with E-state index in [-0.39, 0.29) is 11.4 Å². The second kappa shape index (κ2) is 7.28. The molecule has 0 amide bonds. The lowest BCUT2D eigenvalue weighted by atomic mass is 9.93. The molecule has 5 heteroatoms. The Kier molecular flexibility index (Phi) is 6.02. The van der Waals surface area contributed by atoms with Gasteiger partial charge in [0.15, 0.2) is 5.71 Å². The quantitative estimate of drug-likeness (QED) is 0.377. The van der Waals surface area contributed by atoms with Gasteiger partial charge in [-0.3, -0.25) is 0 Å². The van der Waals surface area contributed by atoms with Gasteiger partial charge in [0, 0.05) is 17.5 Å². The normalized spacial score (nSPS) is 12.3. The van der Waals surface area contributed by atoms with Crippen LogP contribution >= 0.6 is 11.3 Å². The molecule has 0 unspecified atom stereocenters. The SMILES string of the molecule is CCOC(=O)C(=NNCCC(C)(C)C)c1ccsc1. The molecule has 0 radical (unpaired) electrons. The Morgan fingerprint density at radius 2 is 2.21 bits per heavy atom. The maximum absolute atomic E-state index is 11.8. The van der Waals surface area contributed by atoms with E-state index < -0.39 is 0 Å². The molecule has 0 aliphatic heterocycles. The molecule has 19 heavy (non-hydrogen) atoms. The number of carbonyl (C=O) groups excluding carboxylic acids is 1. The number of carbonyl (C=O) groups is 1. The summed E-state index contributed by atoms with van der Waals surface area (Å²) in [6, 6.07) is 1.87. The lowest BCUT2D eigenvalue weighted by molar-refractivity contribution is -0.134. The summed E-state index contributed by atoms with van der Waals surface area (Å²) >= 11 is 1.53. The van der Waals surface area contributed by atoms with Crippen molar-refractivity contribution in [1.82, 2.24) is 5.43 Å². The molecule has 0 bridgehead atoms. The Balaban J connectivity index is 2.66. The molecule has 0 aromatic carbocycles. The largest absolute Gasteiger partial charge is 0.461 e. The van der Waals surface area contributed by atoms with E-state index in [1.165, 1.54) is 11.3 Å². The van der Waals surface area contributed by atoms with Crippen molar-refractivity contribution in [3.05, 3.63) is 22.4 Å². The van der Waals surface area contributed by atoms with Gasteiger partial charge in [-0.1, -0.05) is 20.8 Å². The van der Waals surface area contributed by atoms with Gasteiger partial charge >= 0.3 is 5.97 Å². The van der Waals surface area contributed by atoms with Crippen LogP contribution in [0.1, 0.15) is 39.7 Å². The Labute approximate surface area is 118 Å². The highest BCUT2D eigenvalue weighted by molar-refractivity contribution is 7.08. The summed E-state index contributed by atoms with van der Waals surface area (Å²) in [6.07, 6.45) is 0.982. The maximum Gasteiger partial charge on any atom is 0.359 e. The first kappa shape index (κ1) is 15.7. The summed E-state index contributed by atoms with van der Waals surface area (Å²) in [4.78, 5) is 11.8. The van der Waals surface area contributed by atoms with Crippen molar-refractivity contribution in [2.75, 3.05) is 13.2 Å². The molecule has 0 saturated carbocycles. The van der Waals surface area contributed by atoms with E-state index >= 15 is 0 Å². The zero-order valence-electron chi connectivity index (χ0n) is 12.0. The lowest BCUT2D eigenvalue weighted by Gasteiger charge is -2.17. The van der Waals surface area contributed by atoms with Crippen molar-refractivity contribution in [2.24, 2.45) is 10.5 Å². The summed E-state index contributed by atoms with van der Waals surface area (Å²) in [5, 5.41) is 7.99. The number of hydrazone groups is 1. The molecule has 0 atom stereocenters. The smallest absolute Gasteiger partial charge is 0.359 e. The minimum Gasteiger partial charge on any atom is -0.461 e. The fourth-order valence-corrected chi connectivity index (χ4v) is 2.03.